The number of hydrogen-bond acceptors (Lipinski definition) is 4. The number of fused-ring (bicyclic) bond motifs is 9. The van der Waals surface area contributed by atoms with Gasteiger partial charge < -0.3 is 4.90 Å². The second kappa shape index (κ2) is 12.3. The molecule has 0 radical (unpaired) electrons. The van der Waals surface area contributed by atoms with Gasteiger partial charge in [0.15, 0.2) is 11.6 Å². The number of benzene rings is 6. The van der Waals surface area contributed by atoms with Crippen LogP contribution in [0.1, 0.15) is 68.6 Å². The van der Waals surface area contributed by atoms with Crippen molar-refractivity contribution < 1.29 is 0 Å². The first kappa shape index (κ1) is 35.1. The van der Waals surface area contributed by atoms with Crippen LogP contribution in [0.5, 0.6) is 0 Å². The van der Waals surface area contributed by atoms with Crippen molar-refractivity contribution in [2.75, 3.05) is 11.9 Å². The molecule has 4 heterocycles. The van der Waals surface area contributed by atoms with E-state index in [1.54, 1.807) is 0 Å². The molecule has 6 bridgehead atoms. The molecule has 5 heteroatoms. The Morgan fingerprint density at radius 2 is 1.13 bits per heavy atom. The summed E-state index contributed by atoms with van der Waals surface area (Å²) in [6.45, 7) is 11.9. The van der Waals surface area contributed by atoms with Crippen molar-refractivity contribution in [3.63, 3.8) is 0 Å². The fourth-order valence-electron chi connectivity index (χ4n) is 11.6. The molecule has 0 amide bonds. The summed E-state index contributed by atoms with van der Waals surface area (Å²) in [7, 11) is 2.29. The van der Waals surface area contributed by atoms with E-state index in [4.69, 9.17) is 15.0 Å². The Labute approximate surface area is 351 Å². The first-order valence-electron chi connectivity index (χ1n) is 21.3. The first-order chi connectivity index (χ1) is 29.1. The molecule has 5 nitrogen and oxygen atoms in total. The van der Waals surface area contributed by atoms with Crippen LogP contribution >= 0.6 is 0 Å². The summed E-state index contributed by atoms with van der Waals surface area (Å²) in [5.74, 6) is 3.59. The predicted octanol–water partition coefficient (Wildman–Crippen LogP) is 12.9. The van der Waals surface area contributed by atoms with Crippen molar-refractivity contribution in [3.05, 3.63) is 191 Å². The van der Waals surface area contributed by atoms with Gasteiger partial charge in [-0.3, -0.25) is 4.57 Å². The monoisotopic (exact) mass is 775 g/mol. The number of allylic oxidation sites excluding steroid dienone is 3. The van der Waals surface area contributed by atoms with Crippen LogP contribution in [0.15, 0.2) is 163 Å². The maximum Gasteiger partial charge on any atom is 0.164 e. The predicted molar refractivity (Wildman–Crippen MR) is 245 cm³/mol. The lowest BCUT2D eigenvalue weighted by atomic mass is 9.65. The zero-order chi connectivity index (χ0) is 40.7. The van der Waals surface area contributed by atoms with Gasteiger partial charge in [0, 0.05) is 52.1 Å². The molecule has 60 heavy (non-hydrogen) atoms. The Balaban J connectivity index is 1.23. The maximum atomic E-state index is 5.68. The van der Waals surface area contributed by atoms with E-state index in [1.807, 2.05) is 0 Å². The average molecular weight is 776 g/mol. The Kier molecular flexibility index (Phi) is 7.22. The third-order valence-electron chi connectivity index (χ3n) is 14.2. The van der Waals surface area contributed by atoms with Gasteiger partial charge in [0.25, 0.3) is 0 Å². The Bertz CT molecular complexity index is 3170. The van der Waals surface area contributed by atoms with E-state index in [1.165, 1.54) is 78.2 Å². The van der Waals surface area contributed by atoms with Gasteiger partial charge >= 0.3 is 0 Å². The van der Waals surface area contributed by atoms with E-state index in [0.29, 0.717) is 11.6 Å². The molecular weight excluding hydrogens is 731 g/mol. The van der Waals surface area contributed by atoms with Crippen molar-refractivity contribution in [1.82, 2.24) is 19.5 Å². The molecule has 3 unspecified atom stereocenters. The first-order valence-corrected chi connectivity index (χ1v) is 21.3. The molecule has 0 fully saturated rings. The normalized spacial score (nSPS) is 20.4. The number of likely N-dealkylation sites (N-methyl/N-ethyl adjacent to an activating group) is 1. The van der Waals surface area contributed by atoms with Gasteiger partial charge in [0.05, 0.1) is 16.6 Å². The van der Waals surface area contributed by atoms with Gasteiger partial charge in [-0.1, -0.05) is 167 Å². The highest BCUT2D eigenvalue weighted by atomic mass is 15.3. The topological polar surface area (TPSA) is 46.8 Å². The van der Waals surface area contributed by atoms with Crippen molar-refractivity contribution in [2.24, 2.45) is 5.92 Å². The van der Waals surface area contributed by atoms with E-state index >= 15 is 0 Å². The molecule has 0 spiro atoms. The third-order valence-corrected chi connectivity index (χ3v) is 14.2. The summed E-state index contributed by atoms with van der Waals surface area (Å²) < 4.78 is 2.57. The van der Waals surface area contributed by atoms with Crippen molar-refractivity contribution in [2.45, 2.75) is 51.4 Å². The van der Waals surface area contributed by atoms with Gasteiger partial charge in [0.2, 0.25) is 0 Å². The van der Waals surface area contributed by atoms with Crippen LogP contribution in [0.25, 0.3) is 67.2 Å². The van der Waals surface area contributed by atoms with E-state index < -0.39 is 5.41 Å². The standard InChI is InChI=1S/C55H45N5/c1-32-42(36-19-11-8-12-20-36)31-55(5)49-45(32)33(2)46-40-21-13-14-25-43(40)60(52(46)59(49)6)44-26-16-23-39-38-22-15-24-41(47(38)54(3,4)48(39)44)51-56-50(57-53(55)58-51)37-29-27-35(28-30-37)34-17-9-7-10-18-34/h7-33H,1-6H3. The minimum absolute atomic E-state index is 0.113. The SMILES string of the molecule is CC1C(c2ccccc2)=CC2(C)C3=C1C(C)c1c(n(c4ccccc14)-c1cccc4c1C(C)(C)c1c(cccc1-4)-c1nc(-c4ccc(-c5ccccc5)cc4)nc2n1)N3C. The summed E-state index contributed by atoms with van der Waals surface area (Å²) >= 11 is 0. The summed E-state index contributed by atoms with van der Waals surface area (Å²) in [6.07, 6.45) is 2.48. The van der Waals surface area contributed by atoms with E-state index in [0.717, 1.165) is 22.5 Å². The van der Waals surface area contributed by atoms with Crippen LogP contribution in [0, 0.1) is 5.92 Å². The van der Waals surface area contributed by atoms with Gasteiger partial charge in [-0.25, -0.2) is 15.0 Å². The van der Waals surface area contributed by atoms with Gasteiger partial charge in [0.1, 0.15) is 11.6 Å². The molecule has 2 aliphatic heterocycles. The number of nitrogens with zero attached hydrogens (tertiary/aromatic N) is 5. The Hall–Kier alpha value is -6.85. The molecule has 2 aromatic heterocycles. The fraction of sp³-hybridized carbons (Fsp3) is 0.182. The number of anilines is 1. The molecule has 290 valence electrons. The van der Waals surface area contributed by atoms with Crippen LogP contribution < -0.4 is 4.90 Å². The minimum Gasteiger partial charge on any atom is -0.333 e. The molecular formula is C55H45N5. The van der Waals surface area contributed by atoms with Crippen molar-refractivity contribution in [1.29, 1.82) is 0 Å². The largest absolute Gasteiger partial charge is 0.333 e. The number of hydrogen-bond donors (Lipinski definition) is 0. The highest BCUT2D eigenvalue weighted by Crippen LogP contribution is 2.60. The smallest absolute Gasteiger partial charge is 0.164 e. The molecule has 4 aliphatic rings. The highest BCUT2D eigenvalue weighted by Gasteiger charge is 2.50. The number of aromatic nitrogens is 4. The van der Waals surface area contributed by atoms with E-state index in [2.05, 4.69) is 203 Å². The zero-order valence-corrected chi connectivity index (χ0v) is 34.8. The lowest BCUT2D eigenvalue weighted by Gasteiger charge is -2.47. The van der Waals surface area contributed by atoms with Crippen LogP contribution in [0.3, 0.4) is 0 Å². The van der Waals surface area contributed by atoms with Gasteiger partial charge in [-0.2, -0.15) is 0 Å². The summed E-state index contributed by atoms with van der Waals surface area (Å²) in [4.78, 5) is 19.2. The molecule has 0 saturated heterocycles. The number of rotatable bonds is 3. The molecule has 0 saturated carbocycles. The Morgan fingerprint density at radius 1 is 0.533 bits per heavy atom. The van der Waals surface area contributed by atoms with Crippen LogP contribution in [0.2, 0.25) is 0 Å². The lowest BCUT2D eigenvalue weighted by molar-refractivity contribution is 0.553. The maximum absolute atomic E-state index is 5.68. The Morgan fingerprint density at radius 3 is 1.88 bits per heavy atom. The van der Waals surface area contributed by atoms with Crippen molar-refractivity contribution in [3.8, 4) is 50.7 Å². The molecule has 12 rings (SSSR count). The van der Waals surface area contributed by atoms with Gasteiger partial charge in [-0.05, 0) is 69.1 Å². The summed E-state index contributed by atoms with van der Waals surface area (Å²) in [6, 6.07) is 52.8. The van der Waals surface area contributed by atoms with Crippen molar-refractivity contribution >= 4 is 22.3 Å². The van der Waals surface area contributed by atoms with Crippen LogP contribution in [-0.4, -0.2) is 26.6 Å². The second-order valence-corrected chi connectivity index (χ2v) is 17.9. The summed E-state index contributed by atoms with van der Waals surface area (Å²) in [5, 5.41) is 1.30. The average Bonchev–Trinajstić information content (AvgIpc) is 3.76. The third kappa shape index (κ3) is 4.60. The quantitative estimate of drug-likeness (QED) is 0.179. The lowest BCUT2D eigenvalue weighted by Crippen LogP contribution is -2.43. The van der Waals surface area contributed by atoms with Gasteiger partial charge in [-0.15, -0.1) is 0 Å². The highest BCUT2D eigenvalue weighted by molar-refractivity contribution is 5.98. The van der Waals surface area contributed by atoms with Crippen LogP contribution in [0.4, 0.5) is 5.82 Å². The molecule has 8 aromatic rings. The molecule has 3 atom stereocenters. The molecule has 0 N–H and O–H groups in total. The molecule has 6 aromatic carbocycles. The number of para-hydroxylation sites is 1. The molecule has 2 aliphatic carbocycles. The van der Waals surface area contributed by atoms with E-state index in [9.17, 15) is 0 Å². The van der Waals surface area contributed by atoms with E-state index in [-0.39, 0.29) is 17.3 Å². The zero-order valence-electron chi connectivity index (χ0n) is 34.8. The second-order valence-electron chi connectivity index (χ2n) is 17.9. The van der Waals surface area contributed by atoms with Crippen LogP contribution in [-0.2, 0) is 10.8 Å². The minimum atomic E-state index is -0.735. The fourth-order valence-corrected chi connectivity index (χ4v) is 11.6. The summed E-state index contributed by atoms with van der Waals surface area (Å²) in [5.41, 5.74) is 17.3.